The SMILES string of the molecule is COC(=O)C1CCN(C(=O)c2cc(C)cc(Cl)c2)CC1. The lowest BCUT2D eigenvalue weighted by molar-refractivity contribution is -0.146. The van der Waals surface area contributed by atoms with Crippen LogP contribution in [0.4, 0.5) is 0 Å². The third-order valence-electron chi connectivity index (χ3n) is 3.61. The minimum Gasteiger partial charge on any atom is -0.469 e. The van der Waals surface area contributed by atoms with Crippen molar-refractivity contribution in [1.29, 1.82) is 0 Å². The molecule has 0 atom stereocenters. The Morgan fingerprint density at radius 1 is 1.25 bits per heavy atom. The van der Waals surface area contributed by atoms with Crippen LogP contribution in [-0.4, -0.2) is 37.0 Å². The van der Waals surface area contributed by atoms with Crippen molar-refractivity contribution in [3.8, 4) is 0 Å². The van der Waals surface area contributed by atoms with E-state index in [1.54, 1.807) is 11.0 Å². The quantitative estimate of drug-likeness (QED) is 0.788. The highest BCUT2D eigenvalue weighted by molar-refractivity contribution is 6.31. The van der Waals surface area contributed by atoms with E-state index in [4.69, 9.17) is 16.3 Å². The number of halogens is 1. The molecule has 1 heterocycles. The molecule has 2 rings (SSSR count). The van der Waals surface area contributed by atoms with Crippen LogP contribution in [-0.2, 0) is 9.53 Å². The van der Waals surface area contributed by atoms with Gasteiger partial charge in [-0.15, -0.1) is 0 Å². The number of aryl methyl sites for hydroxylation is 1. The number of hydrogen-bond acceptors (Lipinski definition) is 3. The number of piperidine rings is 1. The summed E-state index contributed by atoms with van der Waals surface area (Å²) in [6, 6.07) is 5.34. The normalized spacial score (nSPS) is 16.1. The summed E-state index contributed by atoms with van der Waals surface area (Å²) in [5, 5.41) is 0.567. The summed E-state index contributed by atoms with van der Waals surface area (Å²) < 4.78 is 4.74. The number of rotatable bonds is 2. The van der Waals surface area contributed by atoms with Gasteiger partial charge in [0.15, 0.2) is 0 Å². The molecule has 1 aliphatic rings. The van der Waals surface area contributed by atoms with E-state index in [1.807, 2.05) is 19.1 Å². The molecule has 0 bridgehead atoms. The summed E-state index contributed by atoms with van der Waals surface area (Å²) in [5.74, 6) is -0.306. The largest absolute Gasteiger partial charge is 0.469 e. The number of amides is 1. The van der Waals surface area contributed by atoms with Crippen molar-refractivity contribution in [2.24, 2.45) is 5.92 Å². The number of esters is 1. The zero-order chi connectivity index (χ0) is 14.7. The van der Waals surface area contributed by atoms with Crippen molar-refractivity contribution in [2.75, 3.05) is 20.2 Å². The monoisotopic (exact) mass is 295 g/mol. The molecule has 1 amide bonds. The molecule has 1 saturated heterocycles. The highest BCUT2D eigenvalue weighted by Crippen LogP contribution is 2.22. The summed E-state index contributed by atoms with van der Waals surface area (Å²) in [5.41, 5.74) is 1.57. The highest BCUT2D eigenvalue weighted by atomic mass is 35.5. The second kappa shape index (κ2) is 6.27. The highest BCUT2D eigenvalue weighted by Gasteiger charge is 2.28. The molecule has 108 valence electrons. The van der Waals surface area contributed by atoms with E-state index in [1.165, 1.54) is 7.11 Å². The molecule has 0 spiro atoms. The Bertz CT molecular complexity index is 502. The van der Waals surface area contributed by atoms with Gasteiger partial charge in [-0.3, -0.25) is 9.59 Å². The van der Waals surface area contributed by atoms with Gasteiger partial charge in [-0.25, -0.2) is 0 Å². The number of nitrogens with zero attached hydrogens (tertiary/aromatic N) is 1. The maximum absolute atomic E-state index is 12.4. The minimum absolute atomic E-state index is 0.0288. The third-order valence-corrected chi connectivity index (χ3v) is 3.82. The second-order valence-electron chi connectivity index (χ2n) is 5.11. The number of carbonyl (C=O) groups excluding carboxylic acids is 2. The van der Waals surface area contributed by atoms with E-state index >= 15 is 0 Å². The Labute approximate surface area is 123 Å². The van der Waals surface area contributed by atoms with E-state index in [0.29, 0.717) is 36.5 Å². The first kappa shape index (κ1) is 14.9. The van der Waals surface area contributed by atoms with E-state index < -0.39 is 0 Å². The summed E-state index contributed by atoms with van der Waals surface area (Å²) in [7, 11) is 1.40. The van der Waals surface area contributed by atoms with E-state index in [9.17, 15) is 9.59 Å². The number of carbonyl (C=O) groups is 2. The summed E-state index contributed by atoms with van der Waals surface area (Å²) >= 11 is 5.98. The summed E-state index contributed by atoms with van der Waals surface area (Å²) in [6.07, 6.45) is 1.30. The lowest BCUT2D eigenvalue weighted by Gasteiger charge is -2.30. The predicted molar refractivity (Wildman–Crippen MR) is 76.8 cm³/mol. The van der Waals surface area contributed by atoms with Gasteiger partial charge >= 0.3 is 5.97 Å². The zero-order valence-electron chi connectivity index (χ0n) is 11.7. The lowest BCUT2D eigenvalue weighted by Crippen LogP contribution is -2.40. The second-order valence-corrected chi connectivity index (χ2v) is 5.54. The first-order chi connectivity index (χ1) is 9.51. The van der Waals surface area contributed by atoms with E-state index in [2.05, 4.69) is 0 Å². The molecular formula is C15H18ClNO3. The smallest absolute Gasteiger partial charge is 0.308 e. The molecular weight excluding hydrogens is 278 g/mol. The number of benzene rings is 1. The van der Waals surface area contributed by atoms with Crippen LogP contribution in [0.3, 0.4) is 0 Å². The fourth-order valence-corrected chi connectivity index (χ4v) is 2.82. The Hall–Kier alpha value is -1.55. The van der Waals surface area contributed by atoms with Gasteiger partial charge in [-0.1, -0.05) is 11.6 Å². The molecule has 1 aliphatic heterocycles. The van der Waals surface area contributed by atoms with Crippen LogP contribution in [0.5, 0.6) is 0 Å². The van der Waals surface area contributed by atoms with Crippen LogP contribution in [0.1, 0.15) is 28.8 Å². The minimum atomic E-state index is -0.185. The van der Waals surface area contributed by atoms with Gasteiger partial charge < -0.3 is 9.64 Å². The first-order valence-electron chi connectivity index (χ1n) is 6.65. The van der Waals surface area contributed by atoms with Crippen molar-refractivity contribution >= 4 is 23.5 Å². The number of likely N-dealkylation sites (tertiary alicyclic amines) is 1. The number of hydrogen-bond donors (Lipinski definition) is 0. The van der Waals surface area contributed by atoms with Crippen molar-refractivity contribution in [2.45, 2.75) is 19.8 Å². The number of methoxy groups -OCH3 is 1. The van der Waals surface area contributed by atoms with Crippen LogP contribution in [0, 0.1) is 12.8 Å². The molecule has 1 aromatic carbocycles. The molecule has 0 aliphatic carbocycles. The van der Waals surface area contributed by atoms with Gasteiger partial charge in [-0.05, 0) is 43.5 Å². The number of ether oxygens (including phenoxy) is 1. The van der Waals surface area contributed by atoms with Crippen molar-refractivity contribution in [3.63, 3.8) is 0 Å². The van der Waals surface area contributed by atoms with Crippen molar-refractivity contribution < 1.29 is 14.3 Å². The van der Waals surface area contributed by atoms with Crippen LogP contribution >= 0.6 is 11.6 Å². The van der Waals surface area contributed by atoms with Crippen molar-refractivity contribution in [1.82, 2.24) is 4.90 Å². The van der Waals surface area contributed by atoms with Gasteiger partial charge in [0, 0.05) is 23.7 Å². The molecule has 0 N–H and O–H groups in total. The van der Waals surface area contributed by atoms with Crippen molar-refractivity contribution in [3.05, 3.63) is 34.3 Å². The maximum atomic E-state index is 12.4. The van der Waals surface area contributed by atoms with Crippen LogP contribution in [0.2, 0.25) is 5.02 Å². The van der Waals surface area contributed by atoms with E-state index in [-0.39, 0.29) is 17.8 Å². The Morgan fingerprint density at radius 2 is 1.90 bits per heavy atom. The fraction of sp³-hybridized carbons (Fsp3) is 0.467. The molecule has 0 aromatic heterocycles. The predicted octanol–water partition coefficient (Wildman–Crippen LogP) is 2.67. The van der Waals surface area contributed by atoms with Crippen LogP contribution < -0.4 is 0 Å². The molecule has 0 radical (unpaired) electrons. The molecule has 1 fully saturated rings. The van der Waals surface area contributed by atoms with E-state index in [0.717, 1.165) is 5.56 Å². The fourth-order valence-electron chi connectivity index (χ4n) is 2.53. The maximum Gasteiger partial charge on any atom is 0.308 e. The molecule has 1 aromatic rings. The molecule has 0 unspecified atom stereocenters. The molecule has 5 heteroatoms. The lowest BCUT2D eigenvalue weighted by atomic mass is 9.96. The molecule has 20 heavy (non-hydrogen) atoms. The van der Waals surface area contributed by atoms with Gasteiger partial charge in [0.25, 0.3) is 5.91 Å². The van der Waals surface area contributed by atoms with Gasteiger partial charge in [-0.2, -0.15) is 0 Å². The Morgan fingerprint density at radius 3 is 2.45 bits per heavy atom. The van der Waals surface area contributed by atoms with Crippen LogP contribution in [0.15, 0.2) is 18.2 Å². The molecule has 4 nitrogen and oxygen atoms in total. The Kier molecular flexibility index (Phi) is 4.65. The first-order valence-corrected chi connectivity index (χ1v) is 7.03. The standard InChI is InChI=1S/C15H18ClNO3/c1-10-7-12(9-13(16)8-10)14(18)17-5-3-11(4-6-17)15(19)20-2/h7-9,11H,3-6H2,1-2H3. The third kappa shape index (κ3) is 3.31. The topological polar surface area (TPSA) is 46.6 Å². The Balaban J connectivity index is 2.03. The van der Waals surface area contributed by atoms with Gasteiger partial charge in [0.05, 0.1) is 13.0 Å². The van der Waals surface area contributed by atoms with Gasteiger partial charge in [0.1, 0.15) is 0 Å². The summed E-state index contributed by atoms with van der Waals surface area (Å²) in [4.78, 5) is 25.6. The average Bonchev–Trinajstić information content (AvgIpc) is 2.45. The summed E-state index contributed by atoms with van der Waals surface area (Å²) in [6.45, 7) is 3.06. The average molecular weight is 296 g/mol. The van der Waals surface area contributed by atoms with Gasteiger partial charge in [0.2, 0.25) is 0 Å². The zero-order valence-corrected chi connectivity index (χ0v) is 12.4. The van der Waals surface area contributed by atoms with Crippen LogP contribution in [0.25, 0.3) is 0 Å². The molecule has 0 saturated carbocycles.